The van der Waals surface area contributed by atoms with Crippen molar-refractivity contribution in [2.45, 2.75) is 19.1 Å². The number of hydrogen-bond acceptors (Lipinski definition) is 5. The molecular formula is C13H16N4O3. The molecule has 1 aromatic heterocycles. The quantitative estimate of drug-likeness (QED) is 0.667. The van der Waals surface area contributed by atoms with Crippen LogP contribution in [0.1, 0.15) is 17.3 Å². The number of carboxylic acid groups (broad SMARTS) is 1. The van der Waals surface area contributed by atoms with Crippen LogP contribution >= 0.6 is 0 Å². The van der Waals surface area contributed by atoms with Crippen molar-refractivity contribution in [2.24, 2.45) is 0 Å². The molecule has 0 aliphatic heterocycles. The van der Waals surface area contributed by atoms with E-state index in [1.54, 1.807) is 0 Å². The maximum absolute atomic E-state index is 11.3. The summed E-state index contributed by atoms with van der Waals surface area (Å²) in [7, 11) is 0. The lowest BCUT2D eigenvalue weighted by Gasteiger charge is -2.11. The van der Waals surface area contributed by atoms with Gasteiger partial charge >= 0.3 is 5.97 Å². The second-order valence-corrected chi connectivity index (χ2v) is 4.27. The molecule has 0 aliphatic rings. The Morgan fingerprint density at radius 2 is 2.10 bits per heavy atom. The van der Waals surface area contributed by atoms with Gasteiger partial charge in [-0.25, -0.2) is 4.68 Å². The van der Waals surface area contributed by atoms with E-state index in [9.17, 15) is 9.90 Å². The Kier molecular flexibility index (Phi) is 4.80. The van der Waals surface area contributed by atoms with Gasteiger partial charge in [0, 0.05) is 6.54 Å². The van der Waals surface area contributed by atoms with Crippen LogP contribution in [0.4, 0.5) is 0 Å². The molecule has 3 N–H and O–H groups in total. The average Bonchev–Trinajstić information content (AvgIpc) is 2.89. The summed E-state index contributed by atoms with van der Waals surface area (Å²) in [5.74, 6) is -1.02. The molecule has 7 nitrogen and oxygen atoms in total. The van der Waals surface area contributed by atoms with Gasteiger partial charge in [0.2, 0.25) is 0 Å². The highest BCUT2D eigenvalue weighted by Crippen LogP contribution is 2.11. The number of hydrogen-bond donors (Lipinski definition) is 3. The van der Waals surface area contributed by atoms with Gasteiger partial charge in [-0.15, -0.1) is 5.10 Å². The summed E-state index contributed by atoms with van der Waals surface area (Å²) in [5, 5.41) is 28.6. The number of rotatable bonds is 7. The number of aromatic nitrogens is 3. The molecular weight excluding hydrogens is 260 g/mol. The summed E-state index contributed by atoms with van der Waals surface area (Å²) in [4.78, 5) is 11.3. The number of benzene rings is 1. The van der Waals surface area contributed by atoms with Crippen LogP contribution in [0.15, 0.2) is 36.5 Å². The standard InChI is InChI=1S/C13H16N4O3/c18-7-6-17-9-11(15-16-17)12(13(19)20)14-8-10-4-2-1-3-5-10/h1-5,9,12,14,18H,6-8H2,(H,19,20). The Labute approximate surface area is 115 Å². The molecule has 1 unspecified atom stereocenters. The van der Waals surface area contributed by atoms with Gasteiger partial charge in [-0.1, -0.05) is 35.5 Å². The van der Waals surface area contributed by atoms with Crippen molar-refractivity contribution in [3.05, 3.63) is 47.8 Å². The Hall–Kier alpha value is -2.25. The van der Waals surface area contributed by atoms with Crippen LogP contribution in [0.2, 0.25) is 0 Å². The number of carbonyl (C=O) groups is 1. The fourth-order valence-electron chi connectivity index (χ4n) is 1.79. The summed E-state index contributed by atoms with van der Waals surface area (Å²) in [5.41, 5.74) is 1.31. The van der Waals surface area contributed by atoms with E-state index in [0.29, 0.717) is 12.2 Å². The highest BCUT2D eigenvalue weighted by Gasteiger charge is 2.22. The highest BCUT2D eigenvalue weighted by molar-refractivity contribution is 5.74. The summed E-state index contributed by atoms with van der Waals surface area (Å²) in [6.45, 7) is 0.640. The minimum absolute atomic E-state index is 0.0714. The van der Waals surface area contributed by atoms with Gasteiger partial charge in [-0.2, -0.15) is 0 Å². The van der Waals surface area contributed by atoms with Crippen LogP contribution in [0, 0.1) is 0 Å². The first-order valence-electron chi connectivity index (χ1n) is 6.21. The van der Waals surface area contributed by atoms with Gasteiger partial charge in [0.15, 0.2) is 6.04 Å². The highest BCUT2D eigenvalue weighted by atomic mass is 16.4. The fraction of sp³-hybridized carbons (Fsp3) is 0.308. The zero-order valence-corrected chi connectivity index (χ0v) is 10.8. The third-order valence-corrected chi connectivity index (χ3v) is 2.78. The van der Waals surface area contributed by atoms with E-state index >= 15 is 0 Å². The Balaban J connectivity index is 2.04. The maximum Gasteiger partial charge on any atom is 0.327 e. The molecule has 20 heavy (non-hydrogen) atoms. The molecule has 0 spiro atoms. The van der Waals surface area contributed by atoms with E-state index in [1.165, 1.54) is 10.9 Å². The number of carboxylic acids is 1. The predicted molar refractivity (Wildman–Crippen MR) is 70.8 cm³/mol. The van der Waals surface area contributed by atoms with Crippen molar-refractivity contribution in [3.63, 3.8) is 0 Å². The minimum Gasteiger partial charge on any atom is -0.480 e. The van der Waals surface area contributed by atoms with Crippen molar-refractivity contribution in [1.29, 1.82) is 0 Å². The van der Waals surface area contributed by atoms with E-state index in [0.717, 1.165) is 5.56 Å². The summed E-state index contributed by atoms with van der Waals surface area (Å²) < 4.78 is 1.41. The largest absolute Gasteiger partial charge is 0.480 e. The van der Waals surface area contributed by atoms with E-state index in [2.05, 4.69) is 15.6 Å². The molecule has 2 rings (SSSR count). The van der Waals surface area contributed by atoms with Gasteiger partial charge < -0.3 is 10.2 Å². The molecule has 0 saturated carbocycles. The van der Waals surface area contributed by atoms with Gasteiger partial charge in [0.25, 0.3) is 0 Å². The molecule has 1 aromatic carbocycles. The summed E-state index contributed by atoms with van der Waals surface area (Å²) in [6.07, 6.45) is 1.52. The number of aliphatic hydroxyl groups is 1. The maximum atomic E-state index is 11.3. The van der Waals surface area contributed by atoms with Gasteiger partial charge in [-0.05, 0) is 5.56 Å². The van der Waals surface area contributed by atoms with Crippen molar-refractivity contribution in [1.82, 2.24) is 20.3 Å². The lowest BCUT2D eigenvalue weighted by atomic mass is 10.2. The SMILES string of the molecule is O=C(O)C(NCc1ccccc1)c1cn(CCO)nn1. The lowest BCUT2D eigenvalue weighted by Crippen LogP contribution is -2.28. The topological polar surface area (TPSA) is 100 Å². The smallest absolute Gasteiger partial charge is 0.327 e. The first kappa shape index (κ1) is 14.2. The normalized spacial score (nSPS) is 12.2. The molecule has 1 heterocycles. The Bertz CT molecular complexity index is 556. The van der Waals surface area contributed by atoms with Crippen LogP contribution in [-0.4, -0.2) is 37.8 Å². The molecule has 0 fully saturated rings. The van der Waals surface area contributed by atoms with Gasteiger partial charge in [-0.3, -0.25) is 10.1 Å². The molecule has 106 valence electrons. The first-order valence-corrected chi connectivity index (χ1v) is 6.21. The monoisotopic (exact) mass is 276 g/mol. The van der Waals surface area contributed by atoms with Crippen LogP contribution < -0.4 is 5.32 Å². The zero-order chi connectivity index (χ0) is 14.4. The molecule has 0 aliphatic carbocycles. The molecule has 0 saturated heterocycles. The molecule has 0 amide bonds. The number of aliphatic carboxylic acids is 1. The van der Waals surface area contributed by atoms with E-state index in [-0.39, 0.29) is 13.2 Å². The van der Waals surface area contributed by atoms with E-state index in [4.69, 9.17) is 5.11 Å². The minimum atomic E-state index is -1.02. The van der Waals surface area contributed by atoms with Crippen molar-refractivity contribution in [2.75, 3.05) is 6.61 Å². The molecule has 7 heteroatoms. The molecule has 1 atom stereocenters. The second-order valence-electron chi connectivity index (χ2n) is 4.27. The van der Waals surface area contributed by atoms with Crippen LogP contribution in [-0.2, 0) is 17.9 Å². The van der Waals surface area contributed by atoms with Gasteiger partial charge in [0.05, 0.1) is 19.3 Å². The lowest BCUT2D eigenvalue weighted by molar-refractivity contribution is -0.139. The third-order valence-electron chi connectivity index (χ3n) is 2.78. The Morgan fingerprint density at radius 3 is 2.75 bits per heavy atom. The Morgan fingerprint density at radius 1 is 1.35 bits per heavy atom. The van der Waals surface area contributed by atoms with Crippen LogP contribution in [0.3, 0.4) is 0 Å². The fourth-order valence-corrected chi connectivity index (χ4v) is 1.79. The van der Waals surface area contributed by atoms with Crippen molar-refractivity contribution in [3.8, 4) is 0 Å². The molecule has 0 radical (unpaired) electrons. The van der Waals surface area contributed by atoms with Crippen molar-refractivity contribution >= 4 is 5.97 Å². The van der Waals surface area contributed by atoms with E-state index < -0.39 is 12.0 Å². The summed E-state index contributed by atoms with van der Waals surface area (Å²) in [6, 6.07) is 8.58. The van der Waals surface area contributed by atoms with E-state index in [1.807, 2.05) is 30.3 Å². The molecule has 2 aromatic rings. The predicted octanol–water partition coefficient (Wildman–Crippen LogP) is 0.186. The number of aliphatic hydroxyl groups excluding tert-OH is 1. The zero-order valence-electron chi connectivity index (χ0n) is 10.8. The second kappa shape index (κ2) is 6.78. The third kappa shape index (κ3) is 3.62. The number of nitrogens with zero attached hydrogens (tertiary/aromatic N) is 3. The first-order chi connectivity index (χ1) is 9.70. The van der Waals surface area contributed by atoms with Gasteiger partial charge in [0.1, 0.15) is 5.69 Å². The van der Waals surface area contributed by atoms with Crippen molar-refractivity contribution < 1.29 is 15.0 Å². The van der Waals surface area contributed by atoms with Crippen LogP contribution in [0.25, 0.3) is 0 Å². The van der Waals surface area contributed by atoms with Crippen LogP contribution in [0.5, 0.6) is 0 Å². The summed E-state index contributed by atoms with van der Waals surface area (Å²) >= 11 is 0. The molecule has 0 bridgehead atoms. The average molecular weight is 276 g/mol. The number of nitrogens with one attached hydrogen (secondary N) is 1.